The number of halogens is 1. The third-order valence-corrected chi connectivity index (χ3v) is 7.19. The van der Waals surface area contributed by atoms with E-state index < -0.39 is 17.1 Å². The zero-order valence-electron chi connectivity index (χ0n) is 17.3. The number of hydrogen-bond acceptors (Lipinski definition) is 4. The Kier molecular flexibility index (Phi) is 4.68. The topological polar surface area (TPSA) is 62.7 Å². The summed E-state index contributed by atoms with van der Waals surface area (Å²) in [7, 11) is 3.52. The zero-order valence-corrected chi connectivity index (χ0v) is 18.9. The molecule has 31 heavy (non-hydrogen) atoms. The van der Waals surface area contributed by atoms with Gasteiger partial charge in [0.25, 0.3) is 0 Å². The Morgan fingerprint density at radius 3 is 2.52 bits per heavy atom. The van der Waals surface area contributed by atoms with E-state index in [9.17, 15) is 9.90 Å². The standard InChI is InChI=1S/C25H23BrN2O3/c1-28(2)23(29)19-14-24(30)20-12-13-27-15-21(20)31-25(24,17-8-10-18(26)11-9-17)22(19)16-6-4-3-5-7-16/h3-13,15,19,22,30H,14H2,1-2H3/t19-,22+,24+,25-/m0/s1. The lowest BCUT2D eigenvalue weighted by molar-refractivity contribution is -0.134. The third-order valence-electron chi connectivity index (χ3n) is 6.66. The molecule has 6 heteroatoms. The van der Waals surface area contributed by atoms with Gasteiger partial charge in [-0.25, -0.2) is 0 Å². The summed E-state index contributed by atoms with van der Waals surface area (Å²) in [5.74, 6) is -0.300. The van der Waals surface area contributed by atoms with Crippen LogP contribution in [0, 0.1) is 5.92 Å². The molecule has 1 aromatic heterocycles. The highest BCUT2D eigenvalue weighted by molar-refractivity contribution is 9.10. The molecule has 2 aromatic carbocycles. The van der Waals surface area contributed by atoms with E-state index in [1.54, 1.807) is 37.5 Å². The van der Waals surface area contributed by atoms with E-state index in [4.69, 9.17) is 4.74 Å². The maximum absolute atomic E-state index is 13.4. The molecule has 1 saturated carbocycles. The van der Waals surface area contributed by atoms with Crippen LogP contribution in [0.1, 0.15) is 29.0 Å². The number of rotatable bonds is 3. The number of fused-ring (bicyclic) bond motifs is 3. The summed E-state index contributed by atoms with van der Waals surface area (Å²) in [6, 6.07) is 19.5. The molecule has 1 aliphatic carbocycles. The van der Waals surface area contributed by atoms with E-state index in [0.29, 0.717) is 11.3 Å². The van der Waals surface area contributed by atoms with E-state index in [0.717, 1.165) is 15.6 Å². The Labute approximate surface area is 189 Å². The van der Waals surface area contributed by atoms with Crippen molar-refractivity contribution >= 4 is 21.8 Å². The van der Waals surface area contributed by atoms with Crippen LogP contribution < -0.4 is 4.74 Å². The summed E-state index contributed by atoms with van der Waals surface area (Å²) in [5, 5.41) is 12.4. The highest BCUT2D eigenvalue weighted by Gasteiger charge is 2.72. The number of ether oxygens (including phenoxy) is 1. The molecule has 2 aliphatic rings. The van der Waals surface area contributed by atoms with E-state index in [1.165, 1.54) is 0 Å². The van der Waals surface area contributed by atoms with Crippen molar-refractivity contribution in [3.05, 3.63) is 94.2 Å². The number of amides is 1. The maximum atomic E-state index is 13.4. The van der Waals surface area contributed by atoms with Crippen LogP contribution in [0.2, 0.25) is 0 Å². The van der Waals surface area contributed by atoms with E-state index >= 15 is 0 Å². The Bertz CT molecular complexity index is 1140. The summed E-state index contributed by atoms with van der Waals surface area (Å²) >= 11 is 3.51. The fourth-order valence-corrected chi connectivity index (χ4v) is 5.69. The van der Waals surface area contributed by atoms with Crippen LogP contribution in [0.15, 0.2) is 77.5 Å². The second-order valence-electron chi connectivity index (χ2n) is 8.51. The minimum Gasteiger partial charge on any atom is -0.476 e. The number of pyridine rings is 1. The molecule has 0 spiro atoms. The van der Waals surface area contributed by atoms with Crippen LogP contribution in [0.5, 0.6) is 5.75 Å². The minimum absolute atomic E-state index is 0.0210. The highest BCUT2D eigenvalue weighted by atomic mass is 79.9. The van der Waals surface area contributed by atoms with Crippen LogP contribution >= 0.6 is 15.9 Å². The van der Waals surface area contributed by atoms with Gasteiger partial charge in [0.15, 0.2) is 5.60 Å². The molecule has 2 heterocycles. The summed E-state index contributed by atoms with van der Waals surface area (Å²) in [5.41, 5.74) is -0.0628. The zero-order chi connectivity index (χ0) is 21.8. The lowest BCUT2D eigenvalue weighted by Gasteiger charge is -2.40. The largest absolute Gasteiger partial charge is 0.476 e. The first kappa shape index (κ1) is 20.2. The number of hydrogen-bond donors (Lipinski definition) is 1. The molecule has 5 nitrogen and oxygen atoms in total. The van der Waals surface area contributed by atoms with Gasteiger partial charge in [0.1, 0.15) is 11.4 Å². The Balaban J connectivity index is 1.82. The number of aromatic nitrogens is 1. The smallest absolute Gasteiger partial charge is 0.226 e. The number of carbonyl (C=O) groups excluding carboxylic acids is 1. The molecule has 0 radical (unpaired) electrons. The van der Waals surface area contributed by atoms with E-state index in [-0.39, 0.29) is 18.2 Å². The van der Waals surface area contributed by atoms with Crippen molar-refractivity contribution in [2.24, 2.45) is 5.92 Å². The molecule has 1 N–H and O–H groups in total. The average Bonchev–Trinajstić information content (AvgIpc) is 3.18. The van der Waals surface area contributed by atoms with Crippen LogP contribution in [-0.4, -0.2) is 35.0 Å². The first-order chi connectivity index (χ1) is 14.9. The summed E-state index contributed by atoms with van der Waals surface area (Å²) in [4.78, 5) is 19.2. The van der Waals surface area contributed by atoms with Crippen LogP contribution in [0.4, 0.5) is 0 Å². The minimum atomic E-state index is -1.38. The Morgan fingerprint density at radius 1 is 1.13 bits per heavy atom. The number of aliphatic hydroxyl groups is 1. The van der Waals surface area contributed by atoms with Gasteiger partial charge in [-0.2, -0.15) is 0 Å². The first-order valence-corrected chi connectivity index (χ1v) is 11.1. The molecule has 1 aliphatic heterocycles. The molecule has 158 valence electrons. The molecule has 4 atom stereocenters. The fourth-order valence-electron chi connectivity index (χ4n) is 5.43. The second kappa shape index (κ2) is 7.18. The molecule has 0 unspecified atom stereocenters. The van der Waals surface area contributed by atoms with Gasteiger partial charge >= 0.3 is 0 Å². The predicted molar refractivity (Wildman–Crippen MR) is 121 cm³/mol. The summed E-state index contributed by atoms with van der Waals surface area (Å²) < 4.78 is 7.61. The summed E-state index contributed by atoms with van der Waals surface area (Å²) in [6.07, 6.45) is 3.57. The lowest BCUT2D eigenvalue weighted by Crippen LogP contribution is -2.48. The summed E-state index contributed by atoms with van der Waals surface area (Å²) in [6.45, 7) is 0. The molecule has 0 bridgehead atoms. The van der Waals surface area contributed by atoms with Gasteiger partial charge in [-0.3, -0.25) is 9.78 Å². The molecule has 1 fully saturated rings. The molecule has 3 aromatic rings. The third kappa shape index (κ3) is 2.78. The number of benzene rings is 2. The van der Waals surface area contributed by atoms with Gasteiger partial charge in [-0.05, 0) is 35.7 Å². The molecule has 5 rings (SSSR count). The molecule has 1 amide bonds. The van der Waals surface area contributed by atoms with Gasteiger partial charge < -0.3 is 14.7 Å². The van der Waals surface area contributed by atoms with Crippen LogP contribution in [0.25, 0.3) is 0 Å². The van der Waals surface area contributed by atoms with Crippen molar-refractivity contribution < 1.29 is 14.6 Å². The SMILES string of the molecule is CN(C)C(=O)[C@H]1C[C@@]2(O)c3ccncc3O[C@@]2(c2ccc(Br)cc2)[C@@H]1c1ccccc1. The van der Waals surface area contributed by atoms with E-state index in [1.807, 2.05) is 54.6 Å². The average molecular weight is 479 g/mol. The normalized spacial score (nSPS) is 28.5. The van der Waals surface area contributed by atoms with Crippen molar-refractivity contribution in [2.75, 3.05) is 14.1 Å². The monoisotopic (exact) mass is 478 g/mol. The van der Waals surface area contributed by atoms with Gasteiger partial charge in [0.05, 0.1) is 12.1 Å². The van der Waals surface area contributed by atoms with Gasteiger partial charge in [-0.1, -0.05) is 58.4 Å². The predicted octanol–water partition coefficient (Wildman–Crippen LogP) is 4.21. The van der Waals surface area contributed by atoms with Gasteiger partial charge in [0.2, 0.25) is 5.91 Å². The highest BCUT2D eigenvalue weighted by Crippen LogP contribution is 2.68. The van der Waals surface area contributed by atoms with Crippen LogP contribution in [0.3, 0.4) is 0 Å². The first-order valence-electron chi connectivity index (χ1n) is 10.3. The van der Waals surface area contributed by atoms with Gasteiger partial charge in [0, 0.05) is 36.2 Å². The lowest BCUT2D eigenvalue weighted by atomic mass is 9.71. The second-order valence-corrected chi connectivity index (χ2v) is 9.42. The van der Waals surface area contributed by atoms with Crippen molar-refractivity contribution in [3.8, 4) is 5.75 Å². The number of nitrogens with zero attached hydrogens (tertiary/aromatic N) is 2. The van der Waals surface area contributed by atoms with Crippen molar-refractivity contribution in [3.63, 3.8) is 0 Å². The maximum Gasteiger partial charge on any atom is 0.226 e. The van der Waals surface area contributed by atoms with Crippen molar-refractivity contribution in [1.29, 1.82) is 0 Å². The molecule has 0 saturated heterocycles. The van der Waals surface area contributed by atoms with Gasteiger partial charge in [-0.15, -0.1) is 0 Å². The number of carbonyl (C=O) groups is 1. The molecular weight excluding hydrogens is 456 g/mol. The fraction of sp³-hybridized carbons (Fsp3) is 0.280. The van der Waals surface area contributed by atoms with Crippen molar-refractivity contribution in [2.45, 2.75) is 23.5 Å². The molecular formula is C25H23BrN2O3. The van der Waals surface area contributed by atoms with E-state index in [2.05, 4.69) is 20.9 Å². The van der Waals surface area contributed by atoms with Crippen molar-refractivity contribution in [1.82, 2.24) is 9.88 Å². The Hall–Kier alpha value is -2.70. The Morgan fingerprint density at radius 2 is 1.84 bits per heavy atom. The quantitative estimate of drug-likeness (QED) is 0.612. The van der Waals surface area contributed by atoms with Crippen LogP contribution in [-0.2, 0) is 16.0 Å².